The molecule has 1 aromatic rings. The highest BCUT2D eigenvalue weighted by atomic mass is 32.1. The van der Waals surface area contributed by atoms with Gasteiger partial charge in [0.05, 0.1) is 17.6 Å². The van der Waals surface area contributed by atoms with Crippen molar-refractivity contribution in [3.8, 4) is 0 Å². The van der Waals surface area contributed by atoms with Crippen LogP contribution in [0, 0.1) is 11.3 Å². The second-order valence-electron chi connectivity index (χ2n) is 7.46. The Balaban J connectivity index is 1.85. The number of esters is 1. The van der Waals surface area contributed by atoms with Crippen molar-refractivity contribution >= 4 is 23.2 Å². The zero-order valence-corrected chi connectivity index (χ0v) is 16.2. The topological polar surface area (TPSA) is 49.9 Å². The summed E-state index contributed by atoms with van der Waals surface area (Å²) in [7, 11) is 0. The predicted octanol–water partition coefficient (Wildman–Crippen LogP) is 2.87. The van der Waals surface area contributed by atoms with E-state index in [1.165, 1.54) is 0 Å². The molecule has 2 fully saturated rings. The standard InChI is InChI=1S/C19H28N2O3S/c1-4-24-18(23)19-7-5-8-20(17(22)15-6-9-25-12-15)10-16(19)11-21(13-19)14(2)3/h6,9,12,14,16H,4-5,7-8,10-11,13H2,1-3H3/t16-,19-/m0/s1. The summed E-state index contributed by atoms with van der Waals surface area (Å²) in [5.41, 5.74) is 0.289. The second-order valence-corrected chi connectivity index (χ2v) is 8.24. The summed E-state index contributed by atoms with van der Waals surface area (Å²) in [5, 5.41) is 3.84. The van der Waals surface area contributed by atoms with Gasteiger partial charge in [0, 0.05) is 43.5 Å². The predicted molar refractivity (Wildman–Crippen MR) is 98.7 cm³/mol. The van der Waals surface area contributed by atoms with Gasteiger partial charge in [-0.1, -0.05) is 0 Å². The Bertz CT molecular complexity index is 616. The van der Waals surface area contributed by atoms with Gasteiger partial charge in [0.25, 0.3) is 5.91 Å². The Morgan fingerprint density at radius 3 is 2.84 bits per heavy atom. The lowest BCUT2D eigenvalue weighted by Gasteiger charge is -2.31. The van der Waals surface area contributed by atoms with E-state index in [0.717, 1.165) is 31.5 Å². The Kier molecular flexibility index (Phi) is 5.49. The van der Waals surface area contributed by atoms with Gasteiger partial charge in [-0.05, 0) is 45.1 Å². The molecule has 0 unspecified atom stereocenters. The first-order chi connectivity index (χ1) is 12.0. The highest BCUT2D eigenvalue weighted by Gasteiger charge is 2.54. The fourth-order valence-electron chi connectivity index (χ4n) is 4.23. The summed E-state index contributed by atoms with van der Waals surface area (Å²) in [4.78, 5) is 30.0. The van der Waals surface area contributed by atoms with Crippen molar-refractivity contribution in [3.63, 3.8) is 0 Å². The van der Waals surface area contributed by atoms with Crippen LogP contribution < -0.4 is 0 Å². The fourth-order valence-corrected chi connectivity index (χ4v) is 4.86. The van der Waals surface area contributed by atoms with Crippen molar-refractivity contribution in [1.29, 1.82) is 0 Å². The number of amides is 1. The molecule has 0 saturated carbocycles. The van der Waals surface area contributed by atoms with Crippen molar-refractivity contribution in [3.05, 3.63) is 22.4 Å². The number of rotatable bonds is 4. The molecule has 1 aromatic heterocycles. The molecule has 0 spiro atoms. The Morgan fingerprint density at radius 2 is 2.20 bits per heavy atom. The van der Waals surface area contributed by atoms with Crippen molar-refractivity contribution < 1.29 is 14.3 Å². The van der Waals surface area contributed by atoms with Crippen molar-refractivity contribution in [2.75, 3.05) is 32.8 Å². The van der Waals surface area contributed by atoms with Crippen LogP contribution in [0.2, 0.25) is 0 Å². The summed E-state index contributed by atoms with van der Waals surface area (Å²) in [6, 6.07) is 2.27. The highest BCUT2D eigenvalue weighted by molar-refractivity contribution is 7.08. The smallest absolute Gasteiger partial charge is 0.313 e. The van der Waals surface area contributed by atoms with E-state index in [1.807, 2.05) is 28.7 Å². The maximum atomic E-state index is 12.9. The van der Waals surface area contributed by atoms with E-state index in [0.29, 0.717) is 25.7 Å². The normalized spacial score (nSPS) is 27.2. The van der Waals surface area contributed by atoms with Crippen molar-refractivity contribution in [2.45, 2.75) is 39.7 Å². The summed E-state index contributed by atoms with van der Waals surface area (Å²) >= 11 is 1.54. The third-order valence-corrected chi connectivity index (χ3v) is 6.36. The van der Waals surface area contributed by atoms with Crippen LogP contribution in [-0.4, -0.2) is 60.5 Å². The first-order valence-corrected chi connectivity index (χ1v) is 10.1. The van der Waals surface area contributed by atoms with Gasteiger partial charge in [0.15, 0.2) is 0 Å². The lowest BCUT2D eigenvalue weighted by molar-refractivity contribution is -0.157. The lowest BCUT2D eigenvalue weighted by atomic mass is 9.75. The van der Waals surface area contributed by atoms with Gasteiger partial charge in [-0.3, -0.25) is 14.5 Å². The third kappa shape index (κ3) is 3.47. The summed E-state index contributed by atoms with van der Waals surface area (Å²) < 4.78 is 5.47. The van der Waals surface area contributed by atoms with Crippen molar-refractivity contribution in [1.82, 2.24) is 9.80 Å². The van der Waals surface area contributed by atoms with Gasteiger partial charge >= 0.3 is 5.97 Å². The molecule has 5 nitrogen and oxygen atoms in total. The second kappa shape index (κ2) is 7.46. The maximum Gasteiger partial charge on any atom is 0.313 e. The molecule has 2 atom stereocenters. The molecule has 0 bridgehead atoms. The molecular formula is C19H28N2O3S. The molecule has 3 rings (SSSR count). The van der Waals surface area contributed by atoms with Gasteiger partial charge in [0.1, 0.15) is 0 Å². The molecule has 2 saturated heterocycles. The van der Waals surface area contributed by atoms with E-state index < -0.39 is 5.41 Å². The highest BCUT2D eigenvalue weighted by Crippen LogP contribution is 2.44. The van der Waals surface area contributed by atoms with Crippen LogP contribution in [0.3, 0.4) is 0 Å². The van der Waals surface area contributed by atoms with Gasteiger partial charge < -0.3 is 9.64 Å². The number of thiophene rings is 1. The van der Waals surface area contributed by atoms with E-state index in [-0.39, 0.29) is 17.8 Å². The number of fused-ring (bicyclic) bond motifs is 1. The third-order valence-electron chi connectivity index (χ3n) is 5.68. The number of nitrogens with zero attached hydrogens (tertiary/aromatic N) is 2. The van der Waals surface area contributed by atoms with Gasteiger partial charge in [-0.15, -0.1) is 0 Å². The maximum absolute atomic E-state index is 12.9. The summed E-state index contributed by atoms with van der Waals surface area (Å²) in [6.45, 7) is 9.55. The van der Waals surface area contributed by atoms with Crippen LogP contribution in [0.4, 0.5) is 0 Å². The molecule has 2 aliphatic heterocycles. The molecular weight excluding hydrogens is 336 g/mol. The van der Waals surface area contributed by atoms with Crippen molar-refractivity contribution in [2.24, 2.45) is 11.3 Å². The largest absolute Gasteiger partial charge is 0.466 e. The fraction of sp³-hybridized carbons (Fsp3) is 0.684. The molecule has 1 amide bonds. The van der Waals surface area contributed by atoms with E-state index >= 15 is 0 Å². The average Bonchev–Trinajstić information content (AvgIpc) is 3.19. The van der Waals surface area contributed by atoms with E-state index in [9.17, 15) is 9.59 Å². The molecule has 0 aliphatic carbocycles. The minimum atomic E-state index is -0.468. The number of carbonyl (C=O) groups is 2. The number of carbonyl (C=O) groups excluding carboxylic acids is 2. The first-order valence-electron chi connectivity index (χ1n) is 9.20. The van der Waals surface area contributed by atoms with Crippen LogP contribution in [0.1, 0.15) is 44.0 Å². The minimum Gasteiger partial charge on any atom is -0.466 e. The van der Waals surface area contributed by atoms with Gasteiger partial charge in [-0.25, -0.2) is 0 Å². The molecule has 6 heteroatoms. The molecule has 3 heterocycles. The monoisotopic (exact) mass is 364 g/mol. The number of ether oxygens (including phenoxy) is 1. The lowest BCUT2D eigenvalue weighted by Crippen LogP contribution is -2.43. The van der Waals surface area contributed by atoms with Crippen LogP contribution in [0.5, 0.6) is 0 Å². The first kappa shape index (κ1) is 18.4. The summed E-state index contributed by atoms with van der Waals surface area (Å²) in [6.07, 6.45) is 1.64. The Morgan fingerprint density at radius 1 is 1.40 bits per heavy atom. The van der Waals surface area contributed by atoms with Crippen LogP contribution in [0.15, 0.2) is 16.8 Å². The quantitative estimate of drug-likeness (QED) is 0.771. The van der Waals surface area contributed by atoms with E-state index in [1.54, 1.807) is 11.3 Å². The number of likely N-dealkylation sites (tertiary alicyclic amines) is 2. The van der Waals surface area contributed by atoms with Crippen LogP contribution in [-0.2, 0) is 9.53 Å². The minimum absolute atomic E-state index is 0.0759. The average molecular weight is 365 g/mol. The summed E-state index contributed by atoms with van der Waals surface area (Å²) in [5.74, 6) is 0.149. The van der Waals surface area contributed by atoms with E-state index in [4.69, 9.17) is 4.74 Å². The molecule has 2 aliphatic rings. The molecule has 0 N–H and O–H groups in total. The zero-order valence-electron chi connectivity index (χ0n) is 15.4. The molecule has 138 valence electrons. The van der Waals surface area contributed by atoms with Gasteiger partial charge in [-0.2, -0.15) is 11.3 Å². The number of hydrogen-bond acceptors (Lipinski definition) is 5. The Labute approximate surface area is 153 Å². The van der Waals surface area contributed by atoms with Crippen LogP contribution >= 0.6 is 11.3 Å². The Hall–Kier alpha value is -1.40. The molecule has 0 radical (unpaired) electrons. The van der Waals surface area contributed by atoms with Crippen LogP contribution in [0.25, 0.3) is 0 Å². The molecule has 0 aromatic carbocycles. The number of hydrogen-bond donors (Lipinski definition) is 0. The van der Waals surface area contributed by atoms with E-state index in [2.05, 4.69) is 18.7 Å². The van der Waals surface area contributed by atoms with Gasteiger partial charge in [0.2, 0.25) is 0 Å². The zero-order chi connectivity index (χ0) is 18.0. The molecule has 25 heavy (non-hydrogen) atoms. The SMILES string of the molecule is CCOC(=O)[C@]12CCCN(C(=O)c3ccsc3)C[C@H]1CN(C(C)C)C2.